The molecule has 9 aromatic rings. The molecular formula is C37H18Cl7F9N9O14PS3. The molecule has 0 saturated heterocycles. The van der Waals surface area contributed by atoms with Crippen molar-refractivity contribution < 1.29 is 99.9 Å². The minimum absolute atomic E-state index is 0.00437. The quantitative estimate of drug-likeness (QED) is 0.0189. The first-order valence-corrected chi connectivity index (χ1v) is 29.8. The van der Waals surface area contributed by atoms with Gasteiger partial charge in [-0.15, -0.1) is 0 Å². The lowest BCUT2D eigenvalue weighted by atomic mass is 10.3. The van der Waals surface area contributed by atoms with Gasteiger partial charge in [-0.05, 0) is 64.1 Å². The van der Waals surface area contributed by atoms with Crippen LogP contribution in [0, 0.1) is 5.21 Å². The molecule has 0 aliphatic carbocycles. The van der Waals surface area contributed by atoms with Crippen molar-refractivity contribution >= 4 is 149 Å². The van der Waals surface area contributed by atoms with Crippen LogP contribution in [0.25, 0.3) is 67.7 Å². The first-order valence-electron chi connectivity index (χ1n) is 19.5. The summed E-state index contributed by atoms with van der Waals surface area (Å²) in [5.41, 5.74) is -17.2. The number of furan rings is 3. The van der Waals surface area contributed by atoms with E-state index in [0.29, 0.717) is 4.73 Å². The van der Waals surface area contributed by atoms with Gasteiger partial charge >= 0.3 is 52.1 Å². The fourth-order valence-electron chi connectivity index (χ4n) is 5.31. The van der Waals surface area contributed by atoms with Crippen LogP contribution < -0.4 is 17.3 Å². The van der Waals surface area contributed by atoms with E-state index in [9.17, 15) is 74.5 Å². The Morgan fingerprint density at radius 2 is 0.875 bits per heavy atom. The molecular weight excluding hydrogens is 1340 g/mol. The van der Waals surface area contributed by atoms with Gasteiger partial charge in [-0.25, -0.2) is 34.9 Å². The largest absolute Gasteiger partial charge is 0.619 e. The third-order valence-corrected chi connectivity index (χ3v) is 11.4. The summed E-state index contributed by atoms with van der Waals surface area (Å²) in [6.45, 7) is 0. The molecule has 0 unspecified atom stereocenters. The molecule has 0 spiro atoms. The minimum Gasteiger partial charge on any atom is -0.619 e. The molecule has 0 N–H and O–H groups in total. The Labute approximate surface area is 473 Å². The molecule has 23 nitrogen and oxygen atoms in total. The zero-order valence-corrected chi connectivity index (χ0v) is 46.0. The molecule has 80 heavy (non-hydrogen) atoms. The van der Waals surface area contributed by atoms with Gasteiger partial charge in [-0.1, -0.05) is 46.4 Å². The van der Waals surface area contributed by atoms with E-state index >= 15 is 0 Å². The van der Waals surface area contributed by atoms with Crippen LogP contribution in [0.1, 0.15) is 0 Å². The molecule has 0 saturated carbocycles. The van der Waals surface area contributed by atoms with E-state index in [4.69, 9.17) is 59.7 Å². The number of hydrogen-bond acceptors (Lipinski definition) is 22. The zero-order valence-electron chi connectivity index (χ0n) is 37.4. The van der Waals surface area contributed by atoms with Gasteiger partial charge in [0.2, 0.25) is 40.6 Å². The Bertz CT molecular complexity index is 4000. The van der Waals surface area contributed by atoms with Crippen LogP contribution in [0.3, 0.4) is 0 Å². The molecule has 430 valence electrons. The van der Waals surface area contributed by atoms with Crippen molar-refractivity contribution in [2.24, 2.45) is 0 Å². The maximum absolute atomic E-state index is 12.6. The minimum atomic E-state index is -5.95. The Balaban J connectivity index is 0.000000204. The summed E-state index contributed by atoms with van der Waals surface area (Å²) in [7, 11) is -17.8. The Hall–Kier alpha value is -6.01. The van der Waals surface area contributed by atoms with Crippen molar-refractivity contribution in [1.82, 2.24) is 39.9 Å². The van der Waals surface area contributed by atoms with Crippen LogP contribution in [-0.4, -0.2) is 85.9 Å². The molecule has 0 bridgehead atoms. The summed E-state index contributed by atoms with van der Waals surface area (Å²) in [5.74, 6) is -3.87. The van der Waals surface area contributed by atoms with Gasteiger partial charge in [0.25, 0.3) is 0 Å². The number of rotatable bonds is 9. The predicted molar refractivity (Wildman–Crippen MR) is 265 cm³/mol. The average molecular weight is 1360 g/mol. The smallest absolute Gasteiger partial charge is 0.534 e. The summed E-state index contributed by atoms with van der Waals surface area (Å²) in [4.78, 5) is 30.2. The second kappa shape index (κ2) is 25.8. The molecule has 9 heterocycles. The van der Waals surface area contributed by atoms with E-state index < -0.39 is 85.1 Å². The number of halogens is 16. The molecule has 9 rings (SSSR count). The van der Waals surface area contributed by atoms with E-state index in [0.717, 1.165) is 24.7 Å². The highest BCUT2D eigenvalue weighted by Crippen LogP contribution is 2.61. The maximum Gasteiger partial charge on any atom is 0.534 e. The summed E-state index contributed by atoms with van der Waals surface area (Å²) in [5, 5.41) is 7.58. The summed E-state index contributed by atoms with van der Waals surface area (Å²) >= 11 is 34.1. The standard InChI is InChI=1S/C12H5ClF3N3O4S.C12H6F3N3O5S.C12H6F3N3O4S.CHCl3.Cl3OP/c13-10-8-6(2-5-17-10)7(23-24(20,21)12(14,15)16)9(22-8)11-18-3-1-4-19-11;13-12(14,15)24(20,21)23-9-7-2-5-18(19)6-8(7)22-10(9)11-16-3-1-4-17-11;13-12(14,15)23(19,20)22-9-7-2-5-16-6-8(7)21-10(9)11-17-3-1-4-18-11;2-1(3)4;1-5(2,3)4/h1-5H;1-6H;1-6H;1H;. The van der Waals surface area contributed by atoms with Crippen molar-refractivity contribution in [3.63, 3.8) is 0 Å². The van der Waals surface area contributed by atoms with E-state index in [2.05, 4.69) is 86.1 Å². The van der Waals surface area contributed by atoms with Gasteiger partial charge in [-0.3, -0.25) is 9.55 Å². The molecule has 0 aliphatic heterocycles. The fourth-order valence-corrected chi connectivity index (χ4v) is 6.95. The molecule has 0 aliphatic rings. The van der Waals surface area contributed by atoms with Crippen molar-refractivity contribution in [2.45, 2.75) is 20.8 Å². The molecule has 0 amide bonds. The fraction of sp³-hybridized carbons (Fsp3) is 0.108. The van der Waals surface area contributed by atoms with Gasteiger partial charge < -0.3 is 31.0 Å². The topological polar surface area (TPSA) is 317 Å². The number of hydrogen-bond donors (Lipinski definition) is 0. The predicted octanol–water partition coefficient (Wildman–Crippen LogP) is 12.2. The third kappa shape index (κ3) is 17.0. The molecule has 0 fully saturated rings. The van der Waals surface area contributed by atoms with Gasteiger partial charge in [0.05, 0.1) is 22.4 Å². The SMILES string of the molecule is ClC(Cl)Cl.O=P(Cl)(Cl)Cl.O=S(=O)(Oc1c(-c2ncccn2)oc2c(Cl)nccc12)C(F)(F)F.O=S(=O)(Oc1c(-c2ncccn2)oc2c[n+]([O-])ccc12)C(F)(F)F.O=S(=O)(Oc1c(-c2ncccn2)oc2cnccc12)C(F)(F)F. The van der Waals surface area contributed by atoms with Crippen molar-refractivity contribution in [1.29, 1.82) is 0 Å². The van der Waals surface area contributed by atoms with Crippen LogP contribution in [-0.2, 0) is 34.9 Å². The van der Waals surface area contributed by atoms with Crippen LogP contribution >= 0.6 is 85.3 Å². The Morgan fingerprint density at radius 3 is 1.26 bits per heavy atom. The number of pyridine rings is 3. The summed E-state index contributed by atoms with van der Waals surface area (Å²) in [6, 6.07) is 7.86. The number of fused-ring (bicyclic) bond motifs is 3. The molecule has 0 aromatic carbocycles. The van der Waals surface area contributed by atoms with E-state index in [-0.39, 0.29) is 61.3 Å². The van der Waals surface area contributed by atoms with E-state index in [1.807, 2.05) is 0 Å². The highest BCUT2D eigenvalue weighted by Gasteiger charge is 2.51. The average Bonchev–Trinajstić information content (AvgIpc) is 4.02. The van der Waals surface area contributed by atoms with Crippen LogP contribution in [0.15, 0.2) is 118 Å². The number of aromatic nitrogens is 9. The lowest BCUT2D eigenvalue weighted by Gasteiger charge is -2.09. The normalized spacial score (nSPS) is 12.3. The molecule has 9 aromatic heterocycles. The molecule has 43 heteroatoms. The van der Waals surface area contributed by atoms with E-state index in [1.165, 1.54) is 79.9 Å². The molecule has 0 radical (unpaired) electrons. The summed E-state index contributed by atoms with van der Waals surface area (Å²) < 4.78 is 219. The lowest BCUT2D eigenvalue weighted by molar-refractivity contribution is -0.604. The monoisotopic (exact) mass is 1350 g/mol. The van der Waals surface area contributed by atoms with Crippen molar-refractivity contribution in [2.75, 3.05) is 0 Å². The van der Waals surface area contributed by atoms with Gasteiger partial charge in [0, 0.05) is 55.6 Å². The Kier molecular flexibility index (Phi) is 20.9. The Morgan fingerprint density at radius 1 is 0.537 bits per heavy atom. The highest BCUT2D eigenvalue weighted by atomic mass is 36.0. The van der Waals surface area contributed by atoms with Crippen LogP contribution in [0.2, 0.25) is 5.15 Å². The van der Waals surface area contributed by atoms with Crippen LogP contribution in [0.4, 0.5) is 39.5 Å². The lowest BCUT2D eigenvalue weighted by Crippen LogP contribution is -2.28. The van der Waals surface area contributed by atoms with Crippen molar-refractivity contribution in [3.8, 4) is 52.0 Å². The second-order valence-corrected chi connectivity index (χ2v) is 27.1. The number of nitrogens with zero attached hydrogens (tertiary/aromatic N) is 9. The first kappa shape index (κ1) is 64.8. The van der Waals surface area contributed by atoms with Crippen LogP contribution in [0.5, 0.6) is 17.2 Å². The second-order valence-electron chi connectivity index (χ2n) is 13.5. The summed E-state index contributed by atoms with van der Waals surface area (Å²) in [6.07, 6.45) is 13.2. The van der Waals surface area contributed by atoms with Crippen molar-refractivity contribution in [3.05, 3.63) is 115 Å². The van der Waals surface area contributed by atoms with Gasteiger partial charge in [0.1, 0.15) is 0 Å². The van der Waals surface area contributed by atoms with Gasteiger partial charge in [0.15, 0.2) is 50.0 Å². The highest BCUT2D eigenvalue weighted by molar-refractivity contribution is 8.24. The third-order valence-electron chi connectivity index (χ3n) is 8.26. The maximum atomic E-state index is 12.6. The molecule has 0 atom stereocenters. The van der Waals surface area contributed by atoms with E-state index in [1.54, 1.807) is 0 Å². The first-order chi connectivity index (χ1) is 36.9. The van der Waals surface area contributed by atoms with Gasteiger partial charge in [-0.2, -0.15) is 69.5 Å². The number of alkyl halides is 12. The zero-order chi connectivity index (χ0) is 59.8.